The summed E-state index contributed by atoms with van der Waals surface area (Å²) in [6.45, 7) is 2.37. The number of pyridine rings is 1. The molecule has 1 aromatic carbocycles. The number of rotatable bonds is 18. The van der Waals surface area contributed by atoms with E-state index < -0.39 is 41.9 Å². The Labute approximate surface area is 243 Å². The second-order valence-corrected chi connectivity index (χ2v) is 10.0. The summed E-state index contributed by atoms with van der Waals surface area (Å²) in [6, 6.07) is 6.71. The normalized spacial score (nSPS) is 19.9. The Morgan fingerprint density at radius 1 is 1.29 bits per heavy atom. The third-order valence-electron chi connectivity index (χ3n) is 6.96. The van der Waals surface area contributed by atoms with Crippen LogP contribution in [0.4, 0.5) is 5.69 Å². The number of aliphatic hydroxyl groups excluding tert-OH is 1. The van der Waals surface area contributed by atoms with Gasteiger partial charge in [0.05, 0.1) is 42.5 Å². The van der Waals surface area contributed by atoms with Crippen LogP contribution in [0.15, 0.2) is 47.8 Å². The van der Waals surface area contributed by atoms with Crippen molar-refractivity contribution in [3.63, 3.8) is 0 Å². The molecule has 2 aromatic rings. The fraction of sp³-hybridized carbons (Fsp3) is 0.556. The van der Waals surface area contributed by atoms with Gasteiger partial charge in [0, 0.05) is 11.0 Å². The highest BCUT2D eigenvalue weighted by atomic mass is 16.6. The molecule has 0 bridgehead atoms. The minimum atomic E-state index is -0.948. The van der Waals surface area contributed by atoms with Crippen molar-refractivity contribution in [3.05, 3.63) is 74.4 Å². The third-order valence-corrected chi connectivity index (χ3v) is 6.96. The maximum atomic E-state index is 11.9. The van der Waals surface area contributed by atoms with Gasteiger partial charge in [0.2, 0.25) is 0 Å². The summed E-state index contributed by atoms with van der Waals surface area (Å²) in [5, 5.41) is 25.5. The van der Waals surface area contributed by atoms with E-state index >= 15 is 0 Å². The van der Waals surface area contributed by atoms with E-state index in [2.05, 4.69) is 22.0 Å². The molecule has 2 heterocycles. The van der Waals surface area contributed by atoms with Gasteiger partial charge in [-0.3, -0.25) is 14.9 Å². The number of carbonyl (C=O) groups is 1. The lowest BCUT2D eigenvalue weighted by atomic mass is 10.1. The molecule has 0 spiro atoms. The number of hydrogen-bond donors (Lipinski definition) is 3. The van der Waals surface area contributed by atoms with Crippen LogP contribution in [0, 0.1) is 10.1 Å². The quantitative estimate of drug-likeness (QED) is 0.0441. The summed E-state index contributed by atoms with van der Waals surface area (Å²) < 4.78 is 19.2. The maximum absolute atomic E-state index is 11.9. The van der Waals surface area contributed by atoms with Crippen molar-refractivity contribution >= 4 is 11.6 Å². The number of ether oxygens (including phenoxy) is 3. The highest BCUT2D eigenvalue weighted by Crippen LogP contribution is 2.33. The first kappa shape index (κ1) is 32.7. The number of nitrogens with zero attached hydrogens (tertiary/aromatic N) is 6. The van der Waals surface area contributed by atoms with Crippen molar-refractivity contribution in [2.24, 2.45) is 16.6 Å². The minimum Gasteiger partial charge on any atom is -0.493 e. The molecule has 42 heavy (non-hydrogen) atoms. The molecule has 1 aromatic heterocycles. The molecule has 0 aliphatic carbocycles. The van der Waals surface area contributed by atoms with Crippen LogP contribution in [-0.2, 0) is 16.1 Å². The van der Waals surface area contributed by atoms with Crippen LogP contribution in [0.2, 0.25) is 0 Å². The van der Waals surface area contributed by atoms with E-state index in [1.807, 2.05) is 0 Å². The first-order chi connectivity index (χ1) is 20.3. The zero-order valence-corrected chi connectivity index (χ0v) is 23.7. The summed E-state index contributed by atoms with van der Waals surface area (Å²) in [4.78, 5) is 28.2. The van der Waals surface area contributed by atoms with Crippen LogP contribution in [-0.4, -0.2) is 79.0 Å². The fourth-order valence-electron chi connectivity index (χ4n) is 4.72. The van der Waals surface area contributed by atoms with Crippen LogP contribution < -0.4 is 20.8 Å². The van der Waals surface area contributed by atoms with Crippen LogP contribution in [0.5, 0.6) is 5.75 Å². The molecule has 228 valence electrons. The number of nitro groups is 1. The predicted octanol–water partition coefficient (Wildman–Crippen LogP) is 1.96. The molecule has 1 saturated heterocycles. The highest BCUT2D eigenvalue weighted by Gasteiger charge is 2.50. The monoisotopic (exact) mass is 587 g/mol. The summed E-state index contributed by atoms with van der Waals surface area (Å²) in [7, 11) is 2.07. The van der Waals surface area contributed by atoms with Crippen molar-refractivity contribution in [1.29, 1.82) is 0 Å². The standard InChI is InChI=1S/C27H38N8O7/c1-33(12-6-10-28)11-3-2-4-14-40-21-9-8-20(22(15-21)35(38)39)18-41-25-24(31-32-30)23(17-36)42-27(25)34-13-5-7-19(16-34)26(29)37/h5,7-9,13,15-16,23-25,27,36H,2-4,6,10-12,14,17-18,28H2,1H3,(H-,29,37)/p+1/t23-,24-,25-,27-/m1/s1. The number of hydrogen-bond acceptors (Lipinski definition) is 10. The first-order valence-corrected chi connectivity index (χ1v) is 13.8. The topological polar surface area (TPSA) is 216 Å². The van der Waals surface area contributed by atoms with Gasteiger partial charge in [0.1, 0.15) is 17.4 Å². The molecule has 1 fully saturated rings. The van der Waals surface area contributed by atoms with E-state index in [9.17, 15) is 20.0 Å². The summed E-state index contributed by atoms with van der Waals surface area (Å²) in [6.07, 6.45) is 4.05. The van der Waals surface area contributed by atoms with Gasteiger partial charge in [0.15, 0.2) is 18.5 Å². The van der Waals surface area contributed by atoms with E-state index in [-0.39, 0.29) is 23.4 Å². The maximum Gasteiger partial charge on any atom is 0.290 e. The SMILES string of the molecule is CN(CCCN)CCCCCOc1ccc(CO[C@@H]2[C@H](N=[N+]=[N-])[C@@H](CO)O[C@H]2[n+]2cccc(C(N)=O)c2)c([N+](=O)[O-])c1. The van der Waals surface area contributed by atoms with Crippen molar-refractivity contribution in [1.82, 2.24) is 4.90 Å². The largest absolute Gasteiger partial charge is 0.493 e. The van der Waals surface area contributed by atoms with Crippen LogP contribution >= 0.6 is 0 Å². The zero-order chi connectivity index (χ0) is 30.5. The Balaban J connectivity index is 1.67. The summed E-state index contributed by atoms with van der Waals surface area (Å²) in [5.41, 5.74) is 20.4. The number of benzene rings is 1. The number of azide groups is 1. The molecule has 1 amide bonds. The number of unbranched alkanes of at least 4 members (excludes halogenated alkanes) is 2. The molecule has 0 unspecified atom stereocenters. The van der Waals surface area contributed by atoms with Gasteiger partial charge in [-0.1, -0.05) is 5.11 Å². The Bertz CT molecular complexity index is 1240. The van der Waals surface area contributed by atoms with Crippen LogP contribution in [0.25, 0.3) is 10.4 Å². The third kappa shape index (κ3) is 9.08. The summed E-state index contributed by atoms with van der Waals surface area (Å²) in [5.74, 6) is -0.285. The van der Waals surface area contributed by atoms with E-state index in [1.165, 1.54) is 22.9 Å². The molecule has 15 heteroatoms. The Kier molecular flexibility index (Phi) is 12.9. The molecule has 3 rings (SSSR count). The molecule has 1 aliphatic rings. The highest BCUT2D eigenvalue weighted by molar-refractivity contribution is 5.92. The lowest BCUT2D eigenvalue weighted by molar-refractivity contribution is -0.766. The van der Waals surface area contributed by atoms with Gasteiger partial charge in [-0.25, -0.2) is 0 Å². The number of primary amides is 1. The number of carbonyl (C=O) groups excluding carboxylic acids is 1. The molecule has 4 atom stereocenters. The van der Waals surface area contributed by atoms with Crippen molar-refractivity contribution in [2.45, 2.75) is 56.8 Å². The van der Waals surface area contributed by atoms with Crippen molar-refractivity contribution in [3.8, 4) is 5.75 Å². The average Bonchev–Trinajstić information content (AvgIpc) is 3.34. The van der Waals surface area contributed by atoms with Crippen molar-refractivity contribution < 1.29 is 33.6 Å². The predicted molar refractivity (Wildman–Crippen MR) is 151 cm³/mol. The van der Waals surface area contributed by atoms with E-state index in [1.54, 1.807) is 24.4 Å². The first-order valence-electron chi connectivity index (χ1n) is 13.8. The zero-order valence-electron chi connectivity index (χ0n) is 23.7. The molecular formula is C27H39N8O7+. The Morgan fingerprint density at radius 2 is 2.07 bits per heavy atom. The number of aliphatic hydroxyl groups is 1. The minimum absolute atomic E-state index is 0.188. The van der Waals surface area contributed by atoms with Gasteiger partial charge in [-0.05, 0) is 76.1 Å². The van der Waals surface area contributed by atoms with Crippen molar-refractivity contribution in [2.75, 3.05) is 39.9 Å². The average molecular weight is 588 g/mol. The molecule has 0 saturated carbocycles. The lowest BCUT2D eigenvalue weighted by Gasteiger charge is -2.18. The smallest absolute Gasteiger partial charge is 0.290 e. The second-order valence-electron chi connectivity index (χ2n) is 10.0. The molecule has 1 aliphatic heterocycles. The number of nitrogens with two attached hydrogens (primary N) is 2. The molecular weight excluding hydrogens is 548 g/mol. The van der Waals surface area contributed by atoms with E-state index in [0.717, 1.165) is 38.8 Å². The Hall–Kier alpha value is -3.85. The van der Waals surface area contributed by atoms with E-state index in [0.29, 0.717) is 18.9 Å². The Morgan fingerprint density at radius 3 is 2.76 bits per heavy atom. The van der Waals surface area contributed by atoms with Gasteiger partial charge < -0.3 is 35.7 Å². The second kappa shape index (κ2) is 16.6. The van der Waals surface area contributed by atoms with Gasteiger partial charge in [-0.15, -0.1) is 0 Å². The fourth-order valence-corrected chi connectivity index (χ4v) is 4.72. The van der Waals surface area contributed by atoms with Gasteiger partial charge >= 0.3 is 0 Å². The van der Waals surface area contributed by atoms with Crippen LogP contribution in [0.1, 0.15) is 47.8 Å². The number of nitro benzene ring substituents is 1. The molecule has 15 nitrogen and oxygen atoms in total. The van der Waals surface area contributed by atoms with E-state index in [4.69, 9.17) is 31.2 Å². The van der Waals surface area contributed by atoms with Gasteiger partial charge in [-0.2, -0.15) is 4.57 Å². The molecule has 5 N–H and O–H groups in total. The van der Waals surface area contributed by atoms with Crippen LogP contribution in [0.3, 0.4) is 0 Å². The number of aromatic nitrogens is 1. The lowest BCUT2D eigenvalue weighted by Crippen LogP contribution is -2.47. The summed E-state index contributed by atoms with van der Waals surface area (Å²) >= 11 is 0. The van der Waals surface area contributed by atoms with Gasteiger partial charge in [0.25, 0.3) is 17.8 Å². The molecule has 0 radical (unpaired) electrons. The number of amides is 1.